The molecule has 0 aliphatic rings. The van der Waals surface area contributed by atoms with E-state index < -0.39 is 0 Å². The highest BCUT2D eigenvalue weighted by Crippen LogP contribution is 2.33. The van der Waals surface area contributed by atoms with Crippen molar-refractivity contribution in [3.8, 4) is 6.07 Å². The molecule has 0 atom stereocenters. The fraction of sp³-hybridized carbons (Fsp3) is 0. The normalized spacial score (nSPS) is 9.87. The Balaban J connectivity index is 2.27. The Hall–Kier alpha value is -1.09. The highest BCUT2D eigenvalue weighted by Gasteiger charge is 2.05. The van der Waals surface area contributed by atoms with Crippen LogP contribution in [0.15, 0.2) is 33.8 Å². The Morgan fingerprint density at radius 1 is 1.47 bits per heavy atom. The van der Waals surface area contributed by atoms with Crippen molar-refractivity contribution in [3.63, 3.8) is 0 Å². The van der Waals surface area contributed by atoms with E-state index in [1.807, 2.05) is 12.1 Å². The van der Waals surface area contributed by atoms with Crippen molar-refractivity contribution in [2.75, 3.05) is 0 Å². The number of hydrogen-bond acceptors (Lipinski definition) is 5. The molecule has 2 rings (SSSR count). The fourth-order valence-electron chi connectivity index (χ4n) is 0.955. The smallest absolute Gasteiger partial charge is 0.174 e. The van der Waals surface area contributed by atoms with Gasteiger partial charge in [-0.2, -0.15) is 9.64 Å². The molecule has 0 amide bonds. The maximum Gasteiger partial charge on any atom is 0.174 e. The van der Waals surface area contributed by atoms with Crippen LogP contribution in [0.2, 0.25) is 5.02 Å². The van der Waals surface area contributed by atoms with Crippen LogP contribution < -0.4 is 0 Å². The second-order valence-corrected chi connectivity index (χ2v) is 5.04. The third-order valence-electron chi connectivity index (χ3n) is 1.60. The molecule has 1 heterocycles. The van der Waals surface area contributed by atoms with Gasteiger partial charge in [0, 0.05) is 4.90 Å². The standard InChI is InChI=1S/C9H4ClN3S2/c10-7-3-6(4-11)1-2-8(7)14-9-12-5-13-15-9/h1-3,5H. The van der Waals surface area contributed by atoms with E-state index in [1.54, 1.807) is 12.1 Å². The molecule has 0 N–H and O–H groups in total. The zero-order valence-electron chi connectivity index (χ0n) is 7.35. The third-order valence-corrected chi connectivity index (χ3v) is 3.81. The molecule has 0 fully saturated rings. The van der Waals surface area contributed by atoms with Crippen LogP contribution >= 0.6 is 34.9 Å². The van der Waals surface area contributed by atoms with E-state index in [9.17, 15) is 0 Å². The lowest BCUT2D eigenvalue weighted by molar-refractivity contribution is 1.21. The lowest BCUT2D eigenvalue weighted by atomic mass is 10.2. The minimum atomic E-state index is 0.557. The summed E-state index contributed by atoms with van der Waals surface area (Å²) < 4.78 is 4.73. The van der Waals surface area contributed by atoms with Crippen molar-refractivity contribution < 1.29 is 0 Å². The van der Waals surface area contributed by atoms with Gasteiger partial charge >= 0.3 is 0 Å². The Labute approximate surface area is 99.9 Å². The summed E-state index contributed by atoms with van der Waals surface area (Å²) in [5.41, 5.74) is 0.557. The molecule has 0 aliphatic carbocycles. The van der Waals surface area contributed by atoms with Crippen LogP contribution in [0.3, 0.4) is 0 Å². The maximum absolute atomic E-state index is 8.67. The maximum atomic E-state index is 8.67. The molecular formula is C9H4ClN3S2. The van der Waals surface area contributed by atoms with E-state index in [1.165, 1.54) is 29.6 Å². The van der Waals surface area contributed by atoms with E-state index in [-0.39, 0.29) is 0 Å². The lowest BCUT2D eigenvalue weighted by Crippen LogP contribution is -1.78. The Kier molecular flexibility index (Phi) is 3.21. The zero-order chi connectivity index (χ0) is 10.7. The number of rotatable bonds is 2. The first-order valence-corrected chi connectivity index (χ1v) is 5.90. The minimum absolute atomic E-state index is 0.557. The highest BCUT2D eigenvalue weighted by molar-refractivity contribution is 8.01. The summed E-state index contributed by atoms with van der Waals surface area (Å²) in [5, 5.41) is 9.24. The number of nitrogens with zero attached hydrogens (tertiary/aromatic N) is 3. The first-order chi connectivity index (χ1) is 7.29. The number of aromatic nitrogens is 2. The predicted octanol–water partition coefficient (Wildman–Crippen LogP) is 3.21. The van der Waals surface area contributed by atoms with Gasteiger partial charge in [0.2, 0.25) is 0 Å². The van der Waals surface area contributed by atoms with E-state index >= 15 is 0 Å². The molecule has 2 aromatic rings. The Morgan fingerprint density at radius 2 is 2.33 bits per heavy atom. The van der Waals surface area contributed by atoms with Crippen molar-refractivity contribution in [2.45, 2.75) is 9.24 Å². The van der Waals surface area contributed by atoms with Gasteiger partial charge in [-0.25, -0.2) is 4.98 Å². The summed E-state index contributed by atoms with van der Waals surface area (Å²) in [4.78, 5) is 4.92. The number of halogens is 1. The van der Waals surface area contributed by atoms with Crippen LogP contribution in [0, 0.1) is 11.3 Å². The van der Waals surface area contributed by atoms with Gasteiger partial charge in [0.1, 0.15) is 6.33 Å². The highest BCUT2D eigenvalue weighted by atomic mass is 35.5. The van der Waals surface area contributed by atoms with Crippen LogP contribution in [0.1, 0.15) is 5.56 Å². The molecule has 15 heavy (non-hydrogen) atoms. The van der Waals surface area contributed by atoms with Crippen LogP contribution in [0.4, 0.5) is 0 Å². The first-order valence-electron chi connectivity index (χ1n) is 3.94. The third kappa shape index (κ3) is 2.48. The second-order valence-electron chi connectivity index (χ2n) is 2.57. The van der Waals surface area contributed by atoms with Crippen molar-refractivity contribution >= 4 is 34.9 Å². The molecule has 0 radical (unpaired) electrons. The molecule has 0 unspecified atom stereocenters. The summed E-state index contributed by atoms with van der Waals surface area (Å²) in [5.74, 6) is 0. The largest absolute Gasteiger partial charge is 0.216 e. The van der Waals surface area contributed by atoms with E-state index in [0.717, 1.165) is 9.24 Å². The van der Waals surface area contributed by atoms with Crippen LogP contribution in [-0.2, 0) is 0 Å². The van der Waals surface area contributed by atoms with Gasteiger partial charge in [-0.3, -0.25) is 0 Å². The van der Waals surface area contributed by atoms with Gasteiger partial charge in [-0.1, -0.05) is 23.4 Å². The van der Waals surface area contributed by atoms with Crippen molar-refractivity contribution in [3.05, 3.63) is 35.1 Å². The van der Waals surface area contributed by atoms with Gasteiger partial charge in [0.25, 0.3) is 0 Å². The summed E-state index contributed by atoms with van der Waals surface area (Å²) >= 11 is 8.77. The van der Waals surface area contributed by atoms with Crippen LogP contribution in [-0.4, -0.2) is 9.36 Å². The minimum Gasteiger partial charge on any atom is -0.216 e. The fourth-order valence-corrected chi connectivity index (χ4v) is 2.66. The SMILES string of the molecule is N#Cc1ccc(Sc2ncns2)c(Cl)c1. The van der Waals surface area contributed by atoms with Gasteiger partial charge in [-0.15, -0.1) is 0 Å². The molecule has 0 spiro atoms. The quantitative estimate of drug-likeness (QED) is 0.825. The van der Waals surface area contributed by atoms with Crippen LogP contribution in [0.25, 0.3) is 0 Å². The van der Waals surface area contributed by atoms with Crippen molar-refractivity contribution in [1.82, 2.24) is 9.36 Å². The monoisotopic (exact) mass is 253 g/mol. The first kappa shape index (κ1) is 10.4. The summed E-state index contributed by atoms with van der Waals surface area (Å²) in [7, 11) is 0. The Morgan fingerprint density at radius 3 is 2.93 bits per heavy atom. The molecular weight excluding hydrogens is 250 g/mol. The summed E-state index contributed by atoms with van der Waals surface area (Å²) in [6.07, 6.45) is 1.50. The van der Waals surface area contributed by atoms with Crippen molar-refractivity contribution in [2.24, 2.45) is 0 Å². The number of nitriles is 1. The summed E-state index contributed by atoms with van der Waals surface area (Å²) in [6.45, 7) is 0. The number of benzene rings is 1. The summed E-state index contributed by atoms with van der Waals surface area (Å²) in [6, 6.07) is 7.22. The molecule has 74 valence electrons. The van der Waals surface area contributed by atoms with Gasteiger partial charge in [0.15, 0.2) is 4.34 Å². The molecule has 6 heteroatoms. The Bertz CT molecular complexity index is 505. The lowest BCUT2D eigenvalue weighted by Gasteiger charge is -2.00. The molecule has 1 aromatic heterocycles. The average molecular weight is 254 g/mol. The van der Waals surface area contributed by atoms with Crippen molar-refractivity contribution in [1.29, 1.82) is 5.26 Å². The van der Waals surface area contributed by atoms with Crippen LogP contribution in [0.5, 0.6) is 0 Å². The molecule has 0 bridgehead atoms. The molecule has 0 saturated carbocycles. The second kappa shape index (κ2) is 4.62. The number of hydrogen-bond donors (Lipinski definition) is 0. The predicted molar refractivity (Wildman–Crippen MR) is 60.2 cm³/mol. The van der Waals surface area contributed by atoms with Gasteiger partial charge in [-0.05, 0) is 29.7 Å². The van der Waals surface area contributed by atoms with Gasteiger partial charge < -0.3 is 0 Å². The molecule has 0 aliphatic heterocycles. The molecule has 0 saturated heterocycles. The molecule has 1 aromatic carbocycles. The zero-order valence-corrected chi connectivity index (χ0v) is 9.73. The van der Waals surface area contributed by atoms with E-state index in [2.05, 4.69) is 9.36 Å². The van der Waals surface area contributed by atoms with Gasteiger partial charge in [0.05, 0.1) is 16.7 Å². The molecule has 3 nitrogen and oxygen atoms in total. The van der Waals surface area contributed by atoms with E-state index in [0.29, 0.717) is 10.6 Å². The topological polar surface area (TPSA) is 49.6 Å². The van der Waals surface area contributed by atoms with E-state index in [4.69, 9.17) is 16.9 Å². The average Bonchev–Trinajstić information content (AvgIpc) is 2.74.